The molecule has 1 amide bonds. The molecule has 0 heterocycles. The Morgan fingerprint density at radius 2 is 2.31 bits per heavy atom. The molecule has 0 aliphatic carbocycles. The summed E-state index contributed by atoms with van der Waals surface area (Å²) in [6.07, 6.45) is 4.45. The molecule has 0 saturated heterocycles. The van der Waals surface area contributed by atoms with Gasteiger partial charge in [-0.2, -0.15) is 0 Å². The Labute approximate surface area is 79.3 Å². The van der Waals surface area contributed by atoms with E-state index in [2.05, 4.69) is 29.1 Å². The van der Waals surface area contributed by atoms with Gasteiger partial charge >= 0.3 is 6.09 Å². The van der Waals surface area contributed by atoms with Gasteiger partial charge in [0.1, 0.15) is 6.61 Å². The van der Waals surface area contributed by atoms with Crippen molar-refractivity contribution in [2.75, 3.05) is 13.2 Å². The van der Waals surface area contributed by atoms with Crippen molar-refractivity contribution in [3.63, 3.8) is 0 Å². The lowest BCUT2D eigenvalue weighted by molar-refractivity contribution is 0.153. The van der Waals surface area contributed by atoms with Crippen LogP contribution in [0.4, 0.5) is 4.79 Å². The van der Waals surface area contributed by atoms with E-state index in [1.54, 1.807) is 0 Å². The summed E-state index contributed by atoms with van der Waals surface area (Å²) in [5.41, 5.74) is 5.19. The number of nitrogens with one attached hydrogen (secondary N) is 2. The van der Waals surface area contributed by atoms with Gasteiger partial charge in [-0.1, -0.05) is 32.4 Å². The van der Waals surface area contributed by atoms with Crippen LogP contribution in [0.15, 0.2) is 12.7 Å². The van der Waals surface area contributed by atoms with Gasteiger partial charge in [-0.05, 0) is 6.42 Å². The fourth-order valence-electron chi connectivity index (χ4n) is 0.769. The van der Waals surface area contributed by atoms with Gasteiger partial charge in [-0.25, -0.2) is 10.2 Å². The SMILES string of the molecule is C=CCOC(=O)NNCCCCC. The number of carbonyl (C=O) groups is 1. The van der Waals surface area contributed by atoms with Crippen LogP contribution in [0.2, 0.25) is 0 Å². The molecule has 4 nitrogen and oxygen atoms in total. The third-order valence-corrected chi connectivity index (χ3v) is 1.43. The van der Waals surface area contributed by atoms with Crippen LogP contribution in [0.5, 0.6) is 0 Å². The molecule has 76 valence electrons. The second-order valence-electron chi connectivity index (χ2n) is 2.65. The highest BCUT2D eigenvalue weighted by molar-refractivity contribution is 5.66. The van der Waals surface area contributed by atoms with Crippen molar-refractivity contribution < 1.29 is 9.53 Å². The first-order chi connectivity index (χ1) is 6.31. The predicted molar refractivity (Wildman–Crippen MR) is 52.2 cm³/mol. The Balaban J connectivity index is 3.12. The summed E-state index contributed by atoms with van der Waals surface area (Å²) in [5.74, 6) is 0. The first-order valence-electron chi connectivity index (χ1n) is 4.57. The first kappa shape index (κ1) is 12.0. The summed E-state index contributed by atoms with van der Waals surface area (Å²) in [5, 5.41) is 0. The fourth-order valence-corrected chi connectivity index (χ4v) is 0.769. The number of hydrazine groups is 1. The molecular formula is C9H18N2O2. The molecule has 0 radical (unpaired) electrons. The Morgan fingerprint density at radius 1 is 1.54 bits per heavy atom. The molecule has 0 rings (SSSR count). The summed E-state index contributed by atoms with van der Waals surface area (Å²) < 4.78 is 4.67. The van der Waals surface area contributed by atoms with E-state index in [0.29, 0.717) is 0 Å². The van der Waals surface area contributed by atoms with Crippen molar-refractivity contribution in [1.82, 2.24) is 10.9 Å². The molecule has 0 saturated carbocycles. The number of unbranched alkanes of at least 4 members (excludes halogenated alkanes) is 2. The number of amides is 1. The topological polar surface area (TPSA) is 50.4 Å². The maximum Gasteiger partial charge on any atom is 0.421 e. The van der Waals surface area contributed by atoms with Gasteiger partial charge in [0.2, 0.25) is 0 Å². The maximum atomic E-state index is 10.8. The van der Waals surface area contributed by atoms with Crippen LogP contribution in [0, 0.1) is 0 Å². The molecule has 0 aromatic heterocycles. The number of rotatable bonds is 7. The third-order valence-electron chi connectivity index (χ3n) is 1.43. The normalized spacial score (nSPS) is 9.31. The smallest absolute Gasteiger partial charge is 0.421 e. The molecule has 4 heteroatoms. The molecule has 0 unspecified atom stereocenters. The monoisotopic (exact) mass is 186 g/mol. The van der Waals surface area contributed by atoms with Crippen LogP contribution in [-0.2, 0) is 4.74 Å². The van der Waals surface area contributed by atoms with Crippen LogP contribution in [0.3, 0.4) is 0 Å². The first-order valence-corrected chi connectivity index (χ1v) is 4.57. The molecule has 13 heavy (non-hydrogen) atoms. The van der Waals surface area contributed by atoms with E-state index in [9.17, 15) is 4.79 Å². The van der Waals surface area contributed by atoms with Crippen LogP contribution in [0.25, 0.3) is 0 Å². The molecule has 2 N–H and O–H groups in total. The predicted octanol–water partition coefficient (Wildman–Crippen LogP) is 1.59. The molecule has 0 atom stereocenters. The number of hydrogen-bond donors (Lipinski definition) is 2. The van der Waals surface area contributed by atoms with Gasteiger partial charge in [-0.15, -0.1) is 0 Å². The van der Waals surface area contributed by atoms with E-state index in [1.807, 2.05) is 0 Å². The molecule has 0 aliphatic rings. The van der Waals surface area contributed by atoms with E-state index in [1.165, 1.54) is 12.5 Å². The van der Waals surface area contributed by atoms with Gasteiger partial charge in [0.25, 0.3) is 0 Å². The lowest BCUT2D eigenvalue weighted by Crippen LogP contribution is -2.38. The maximum absolute atomic E-state index is 10.8. The number of hydrogen-bond acceptors (Lipinski definition) is 3. The number of carbonyl (C=O) groups excluding carboxylic acids is 1. The summed E-state index contributed by atoms with van der Waals surface area (Å²) in [7, 11) is 0. The van der Waals surface area contributed by atoms with Gasteiger partial charge in [0.05, 0.1) is 0 Å². The molecule has 0 aliphatic heterocycles. The van der Waals surface area contributed by atoms with Crippen LogP contribution in [-0.4, -0.2) is 19.2 Å². The molecule has 0 aromatic rings. The van der Waals surface area contributed by atoms with E-state index in [0.717, 1.165) is 19.4 Å². The van der Waals surface area contributed by atoms with E-state index >= 15 is 0 Å². The average molecular weight is 186 g/mol. The fraction of sp³-hybridized carbons (Fsp3) is 0.667. The van der Waals surface area contributed by atoms with Crippen molar-refractivity contribution >= 4 is 6.09 Å². The van der Waals surface area contributed by atoms with Gasteiger partial charge in [-0.3, -0.25) is 5.43 Å². The second-order valence-corrected chi connectivity index (χ2v) is 2.65. The van der Waals surface area contributed by atoms with Crippen LogP contribution < -0.4 is 10.9 Å². The van der Waals surface area contributed by atoms with Gasteiger partial charge in [0, 0.05) is 6.54 Å². The molecule has 0 aromatic carbocycles. The third kappa shape index (κ3) is 8.88. The van der Waals surface area contributed by atoms with Crippen LogP contribution in [0.1, 0.15) is 26.2 Å². The lowest BCUT2D eigenvalue weighted by Gasteiger charge is -2.05. The molecule has 0 spiro atoms. The zero-order chi connectivity index (χ0) is 9.94. The van der Waals surface area contributed by atoms with E-state index < -0.39 is 6.09 Å². The summed E-state index contributed by atoms with van der Waals surface area (Å²) in [6.45, 7) is 6.57. The van der Waals surface area contributed by atoms with Crippen molar-refractivity contribution in [3.05, 3.63) is 12.7 Å². The Bertz CT molecular complexity index is 149. The standard InChI is InChI=1S/C9H18N2O2/c1-3-5-6-7-10-11-9(12)13-8-4-2/h4,10H,2-3,5-8H2,1H3,(H,11,12). The van der Waals surface area contributed by atoms with Crippen molar-refractivity contribution in [2.45, 2.75) is 26.2 Å². The second kappa shape index (κ2) is 9.06. The van der Waals surface area contributed by atoms with Crippen molar-refractivity contribution in [3.8, 4) is 0 Å². The van der Waals surface area contributed by atoms with Gasteiger partial charge in [0.15, 0.2) is 0 Å². The lowest BCUT2D eigenvalue weighted by atomic mass is 10.2. The summed E-state index contributed by atoms with van der Waals surface area (Å²) in [6, 6.07) is 0. The van der Waals surface area contributed by atoms with E-state index in [-0.39, 0.29) is 6.61 Å². The van der Waals surface area contributed by atoms with Gasteiger partial charge < -0.3 is 4.74 Å². The largest absolute Gasteiger partial charge is 0.444 e. The van der Waals surface area contributed by atoms with E-state index in [4.69, 9.17) is 0 Å². The average Bonchev–Trinajstić information content (AvgIpc) is 2.14. The number of ether oxygens (including phenoxy) is 1. The van der Waals surface area contributed by atoms with Crippen molar-refractivity contribution in [2.24, 2.45) is 0 Å². The minimum absolute atomic E-state index is 0.239. The highest BCUT2D eigenvalue weighted by Crippen LogP contribution is 1.90. The Kier molecular flexibility index (Phi) is 8.34. The highest BCUT2D eigenvalue weighted by atomic mass is 16.5. The minimum Gasteiger partial charge on any atom is -0.444 e. The summed E-state index contributed by atoms with van der Waals surface area (Å²) in [4.78, 5) is 10.8. The molecule has 0 fully saturated rings. The van der Waals surface area contributed by atoms with Crippen molar-refractivity contribution in [1.29, 1.82) is 0 Å². The van der Waals surface area contributed by atoms with Crippen LogP contribution >= 0.6 is 0 Å². The minimum atomic E-state index is -0.462. The Hall–Kier alpha value is -1.03. The molecule has 0 bridgehead atoms. The quantitative estimate of drug-likeness (QED) is 0.360. The molecular weight excluding hydrogens is 168 g/mol. The Morgan fingerprint density at radius 3 is 2.92 bits per heavy atom. The zero-order valence-electron chi connectivity index (χ0n) is 8.14. The highest BCUT2D eigenvalue weighted by Gasteiger charge is 1.96. The zero-order valence-corrected chi connectivity index (χ0v) is 8.14. The summed E-state index contributed by atoms with van der Waals surface area (Å²) >= 11 is 0.